The molecule has 2 aromatic rings. The van der Waals surface area contributed by atoms with Crippen LogP contribution >= 0.6 is 0 Å². The van der Waals surface area contributed by atoms with E-state index in [2.05, 4.69) is 10.6 Å². The summed E-state index contributed by atoms with van der Waals surface area (Å²) in [5.74, 6) is -1.25. The van der Waals surface area contributed by atoms with E-state index in [1.165, 1.54) is 19.1 Å². The minimum absolute atomic E-state index is 0.135. The average molecular weight is 370 g/mol. The first kappa shape index (κ1) is 20.0. The van der Waals surface area contributed by atoms with Gasteiger partial charge in [-0.1, -0.05) is 18.2 Å². The van der Waals surface area contributed by atoms with Crippen LogP contribution in [0.5, 0.6) is 5.75 Å². The second-order valence-electron chi connectivity index (χ2n) is 6.17. The lowest BCUT2D eigenvalue weighted by Gasteiger charge is -2.12. The van der Waals surface area contributed by atoms with Crippen LogP contribution in [0, 0.1) is 13.8 Å². The predicted octanol–water partition coefficient (Wildman–Crippen LogP) is 2.52. The van der Waals surface area contributed by atoms with Crippen molar-refractivity contribution < 1.29 is 24.2 Å². The Bertz CT molecular complexity index is 826. The Labute approximate surface area is 157 Å². The number of carbonyl (C=O) groups is 3. The van der Waals surface area contributed by atoms with Gasteiger partial charge >= 0.3 is 5.97 Å². The fourth-order valence-corrected chi connectivity index (χ4v) is 2.41. The van der Waals surface area contributed by atoms with Gasteiger partial charge in [-0.15, -0.1) is 0 Å². The number of ether oxygens (including phenoxy) is 1. The molecule has 0 fully saturated rings. The Morgan fingerprint density at radius 3 is 2.19 bits per heavy atom. The summed E-state index contributed by atoms with van der Waals surface area (Å²) < 4.78 is 5.60. The van der Waals surface area contributed by atoms with Crippen LogP contribution in [0.2, 0.25) is 0 Å². The third-order valence-electron chi connectivity index (χ3n) is 3.91. The Kier molecular flexibility index (Phi) is 6.54. The molecule has 0 saturated carbocycles. The zero-order valence-electron chi connectivity index (χ0n) is 15.4. The number of carbonyl (C=O) groups excluding carboxylic acids is 2. The average Bonchev–Trinajstić information content (AvgIpc) is 2.61. The number of carboxylic acid groups (broad SMARTS) is 1. The number of hydrogen-bond donors (Lipinski definition) is 3. The van der Waals surface area contributed by atoms with Crippen LogP contribution < -0.4 is 15.4 Å². The molecular formula is C20H22N2O5. The first-order valence-electron chi connectivity index (χ1n) is 8.40. The van der Waals surface area contributed by atoms with Crippen molar-refractivity contribution in [3.05, 3.63) is 59.2 Å². The smallest absolute Gasteiger partial charge is 0.325 e. The van der Waals surface area contributed by atoms with Gasteiger partial charge in [-0.25, -0.2) is 0 Å². The molecular weight excluding hydrogens is 348 g/mol. The second-order valence-corrected chi connectivity index (χ2v) is 6.17. The lowest BCUT2D eigenvalue weighted by atomic mass is 10.1. The van der Waals surface area contributed by atoms with E-state index in [1.54, 1.807) is 12.1 Å². The van der Waals surface area contributed by atoms with Crippen LogP contribution in [0.4, 0.5) is 5.69 Å². The Morgan fingerprint density at radius 2 is 1.63 bits per heavy atom. The third-order valence-corrected chi connectivity index (χ3v) is 3.91. The molecule has 0 radical (unpaired) electrons. The van der Waals surface area contributed by atoms with E-state index in [0.29, 0.717) is 17.0 Å². The number of carboxylic acids is 1. The summed E-state index contributed by atoms with van der Waals surface area (Å²) in [6.45, 7) is 5.07. The van der Waals surface area contributed by atoms with Crippen LogP contribution in [0.3, 0.4) is 0 Å². The van der Waals surface area contributed by atoms with Crippen molar-refractivity contribution in [3.63, 3.8) is 0 Å². The minimum Gasteiger partial charge on any atom is -0.483 e. The number of amides is 2. The van der Waals surface area contributed by atoms with E-state index in [4.69, 9.17) is 9.84 Å². The highest BCUT2D eigenvalue weighted by atomic mass is 16.5. The van der Waals surface area contributed by atoms with Gasteiger partial charge in [0.1, 0.15) is 11.8 Å². The van der Waals surface area contributed by atoms with Crippen molar-refractivity contribution in [2.45, 2.75) is 26.8 Å². The molecule has 0 aliphatic heterocycles. The molecule has 0 spiro atoms. The number of anilines is 1. The zero-order valence-corrected chi connectivity index (χ0v) is 15.4. The maximum Gasteiger partial charge on any atom is 0.325 e. The van der Waals surface area contributed by atoms with E-state index in [-0.39, 0.29) is 12.5 Å². The van der Waals surface area contributed by atoms with Gasteiger partial charge in [0.25, 0.3) is 11.8 Å². The number of aliphatic carboxylic acids is 1. The Hall–Kier alpha value is -3.35. The summed E-state index contributed by atoms with van der Waals surface area (Å²) >= 11 is 0. The van der Waals surface area contributed by atoms with Gasteiger partial charge in [0.2, 0.25) is 0 Å². The molecule has 3 N–H and O–H groups in total. The summed E-state index contributed by atoms with van der Waals surface area (Å²) in [6, 6.07) is 10.9. The number of nitrogens with one attached hydrogen (secondary N) is 2. The molecule has 2 amide bonds. The summed E-state index contributed by atoms with van der Waals surface area (Å²) in [4.78, 5) is 34.8. The van der Waals surface area contributed by atoms with Gasteiger partial charge in [-0.2, -0.15) is 0 Å². The van der Waals surface area contributed by atoms with Crippen LogP contribution in [-0.4, -0.2) is 35.5 Å². The number of aryl methyl sites for hydroxylation is 2. The highest BCUT2D eigenvalue weighted by Crippen LogP contribution is 2.22. The molecule has 2 rings (SSSR count). The van der Waals surface area contributed by atoms with Gasteiger partial charge < -0.3 is 20.5 Å². The van der Waals surface area contributed by atoms with Crippen molar-refractivity contribution >= 4 is 23.5 Å². The topological polar surface area (TPSA) is 105 Å². The van der Waals surface area contributed by atoms with Gasteiger partial charge in [-0.05, 0) is 56.2 Å². The van der Waals surface area contributed by atoms with Crippen molar-refractivity contribution in [2.24, 2.45) is 0 Å². The lowest BCUT2D eigenvalue weighted by molar-refractivity contribution is -0.138. The standard InChI is InChI=1S/C20H22N2O5/c1-12-5-4-6-13(2)18(12)27-11-17(23)22-16-9-7-15(8-10-16)19(24)21-14(3)20(25)26/h4-10,14H,11H2,1-3H3,(H,21,24)(H,22,23)(H,25,26). The summed E-state index contributed by atoms with van der Waals surface area (Å²) in [5, 5.41) is 13.9. The summed E-state index contributed by atoms with van der Waals surface area (Å²) in [5.41, 5.74) is 2.71. The molecule has 0 aromatic heterocycles. The van der Waals surface area contributed by atoms with Crippen molar-refractivity contribution in [1.82, 2.24) is 5.32 Å². The molecule has 7 nitrogen and oxygen atoms in total. The molecule has 0 heterocycles. The largest absolute Gasteiger partial charge is 0.483 e. The van der Waals surface area contributed by atoms with E-state index < -0.39 is 17.9 Å². The predicted molar refractivity (Wildman–Crippen MR) is 101 cm³/mol. The van der Waals surface area contributed by atoms with Crippen LogP contribution in [0.1, 0.15) is 28.4 Å². The molecule has 1 atom stereocenters. The third kappa shape index (κ3) is 5.57. The fourth-order valence-electron chi connectivity index (χ4n) is 2.41. The molecule has 142 valence electrons. The normalized spacial score (nSPS) is 11.4. The van der Waals surface area contributed by atoms with Gasteiger partial charge in [0.05, 0.1) is 0 Å². The molecule has 0 bridgehead atoms. The first-order valence-corrected chi connectivity index (χ1v) is 8.40. The second kappa shape index (κ2) is 8.84. The quantitative estimate of drug-likeness (QED) is 0.695. The van der Waals surface area contributed by atoms with E-state index in [1.807, 2.05) is 32.0 Å². The molecule has 0 aliphatic carbocycles. The van der Waals surface area contributed by atoms with Crippen LogP contribution in [0.15, 0.2) is 42.5 Å². The maximum atomic E-state index is 12.1. The van der Waals surface area contributed by atoms with Crippen molar-refractivity contribution in [2.75, 3.05) is 11.9 Å². The Balaban J connectivity index is 1.91. The summed E-state index contributed by atoms with van der Waals surface area (Å²) in [6.07, 6.45) is 0. The highest BCUT2D eigenvalue weighted by Gasteiger charge is 2.15. The number of benzene rings is 2. The molecule has 1 unspecified atom stereocenters. The number of para-hydroxylation sites is 1. The maximum absolute atomic E-state index is 12.1. The van der Waals surface area contributed by atoms with Gasteiger partial charge in [0.15, 0.2) is 6.61 Å². The van der Waals surface area contributed by atoms with Crippen LogP contribution in [-0.2, 0) is 9.59 Å². The molecule has 7 heteroatoms. The number of hydrogen-bond acceptors (Lipinski definition) is 4. The molecule has 2 aromatic carbocycles. The van der Waals surface area contributed by atoms with Gasteiger partial charge in [0, 0.05) is 11.3 Å². The highest BCUT2D eigenvalue weighted by molar-refractivity contribution is 5.97. The molecule has 27 heavy (non-hydrogen) atoms. The zero-order chi connectivity index (χ0) is 20.0. The van der Waals surface area contributed by atoms with E-state index in [9.17, 15) is 14.4 Å². The van der Waals surface area contributed by atoms with Crippen molar-refractivity contribution in [1.29, 1.82) is 0 Å². The van der Waals surface area contributed by atoms with E-state index in [0.717, 1.165) is 11.1 Å². The van der Waals surface area contributed by atoms with Crippen LogP contribution in [0.25, 0.3) is 0 Å². The monoisotopic (exact) mass is 370 g/mol. The first-order chi connectivity index (χ1) is 12.8. The van der Waals surface area contributed by atoms with Crippen molar-refractivity contribution in [3.8, 4) is 5.75 Å². The molecule has 0 aliphatic rings. The minimum atomic E-state index is -1.11. The number of rotatable bonds is 7. The van der Waals surface area contributed by atoms with Gasteiger partial charge in [-0.3, -0.25) is 14.4 Å². The Morgan fingerprint density at radius 1 is 1.04 bits per heavy atom. The summed E-state index contributed by atoms with van der Waals surface area (Å²) in [7, 11) is 0. The molecule has 0 saturated heterocycles. The lowest BCUT2D eigenvalue weighted by Crippen LogP contribution is -2.38. The SMILES string of the molecule is Cc1cccc(C)c1OCC(=O)Nc1ccc(C(=O)NC(C)C(=O)O)cc1. The fraction of sp³-hybridized carbons (Fsp3) is 0.250. The van der Waals surface area contributed by atoms with E-state index >= 15 is 0 Å².